The van der Waals surface area contributed by atoms with E-state index in [1.165, 1.54) is 5.69 Å². The van der Waals surface area contributed by atoms with Gasteiger partial charge in [-0.05, 0) is 32.4 Å². The van der Waals surface area contributed by atoms with E-state index in [1.807, 2.05) is 26.1 Å². The SMILES string of the molecule is Cc1cc(C)nc(N2CC[C@H](c3ccn[nH]3)C2)n1. The molecule has 3 heterocycles. The van der Waals surface area contributed by atoms with Gasteiger partial charge in [0.25, 0.3) is 0 Å². The van der Waals surface area contributed by atoms with Crippen LogP contribution in [0.4, 0.5) is 5.95 Å². The molecule has 5 nitrogen and oxygen atoms in total. The Labute approximate surface area is 106 Å². The Balaban J connectivity index is 1.79. The first kappa shape index (κ1) is 11.2. The molecule has 1 aliphatic heterocycles. The van der Waals surface area contributed by atoms with Crippen LogP contribution >= 0.6 is 0 Å². The van der Waals surface area contributed by atoms with Crippen LogP contribution in [0.2, 0.25) is 0 Å². The van der Waals surface area contributed by atoms with Crippen molar-refractivity contribution < 1.29 is 0 Å². The Morgan fingerprint density at radius 2 is 2.06 bits per heavy atom. The first-order chi connectivity index (χ1) is 8.72. The number of aromatic nitrogens is 4. The third-order valence-corrected chi connectivity index (χ3v) is 3.40. The minimum atomic E-state index is 0.511. The molecule has 18 heavy (non-hydrogen) atoms. The lowest BCUT2D eigenvalue weighted by atomic mass is 10.1. The quantitative estimate of drug-likeness (QED) is 0.874. The molecule has 0 radical (unpaired) electrons. The van der Waals surface area contributed by atoms with Crippen LogP contribution < -0.4 is 4.90 Å². The topological polar surface area (TPSA) is 57.7 Å². The molecule has 0 spiro atoms. The van der Waals surface area contributed by atoms with Crippen molar-refractivity contribution >= 4 is 5.95 Å². The fraction of sp³-hybridized carbons (Fsp3) is 0.462. The van der Waals surface area contributed by atoms with Crippen molar-refractivity contribution in [3.05, 3.63) is 35.4 Å². The summed E-state index contributed by atoms with van der Waals surface area (Å²) in [6.45, 7) is 6.00. The van der Waals surface area contributed by atoms with Crippen LogP contribution in [0.3, 0.4) is 0 Å². The molecule has 5 heteroatoms. The molecule has 1 fully saturated rings. The van der Waals surface area contributed by atoms with Crippen molar-refractivity contribution in [2.45, 2.75) is 26.2 Å². The van der Waals surface area contributed by atoms with Gasteiger partial charge in [0.05, 0.1) is 0 Å². The Hall–Kier alpha value is -1.91. The first-order valence-corrected chi connectivity index (χ1v) is 6.29. The van der Waals surface area contributed by atoms with Gasteiger partial charge in [0.1, 0.15) is 0 Å². The van der Waals surface area contributed by atoms with Crippen LogP contribution in [0.15, 0.2) is 18.3 Å². The van der Waals surface area contributed by atoms with E-state index >= 15 is 0 Å². The van der Waals surface area contributed by atoms with Gasteiger partial charge in [-0.15, -0.1) is 0 Å². The van der Waals surface area contributed by atoms with Crippen LogP contribution in [0.1, 0.15) is 29.4 Å². The lowest BCUT2D eigenvalue weighted by Gasteiger charge is -2.16. The van der Waals surface area contributed by atoms with Gasteiger partial charge in [-0.1, -0.05) is 0 Å². The second-order valence-corrected chi connectivity index (χ2v) is 4.89. The lowest BCUT2D eigenvalue weighted by molar-refractivity contribution is 0.736. The number of nitrogens with one attached hydrogen (secondary N) is 1. The second kappa shape index (κ2) is 4.40. The van der Waals surface area contributed by atoms with E-state index in [1.54, 1.807) is 0 Å². The van der Waals surface area contributed by atoms with Crippen molar-refractivity contribution in [3.63, 3.8) is 0 Å². The fourth-order valence-corrected chi connectivity index (χ4v) is 2.54. The van der Waals surface area contributed by atoms with Gasteiger partial charge in [-0.3, -0.25) is 5.10 Å². The number of anilines is 1. The van der Waals surface area contributed by atoms with Gasteiger partial charge >= 0.3 is 0 Å². The molecule has 0 aromatic carbocycles. The summed E-state index contributed by atoms with van der Waals surface area (Å²) in [5.41, 5.74) is 3.27. The molecule has 1 aliphatic rings. The summed E-state index contributed by atoms with van der Waals surface area (Å²) in [6.07, 6.45) is 2.93. The number of H-pyrrole nitrogens is 1. The zero-order valence-corrected chi connectivity index (χ0v) is 10.7. The number of hydrogen-bond donors (Lipinski definition) is 1. The standard InChI is InChI=1S/C13H17N5/c1-9-7-10(2)16-13(15-9)18-6-4-11(8-18)12-3-5-14-17-12/h3,5,7,11H,4,6,8H2,1-2H3,(H,14,17)/t11-/m0/s1. The number of aromatic amines is 1. The molecule has 0 saturated carbocycles. The van der Waals surface area contributed by atoms with E-state index in [9.17, 15) is 0 Å². The molecule has 0 bridgehead atoms. The third kappa shape index (κ3) is 2.08. The number of hydrogen-bond acceptors (Lipinski definition) is 4. The smallest absolute Gasteiger partial charge is 0.225 e. The summed E-state index contributed by atoms with van der Waals surface area (Å²) >= 11 is 0. The van der Waals surface area contributed by atoms with Crippen molar-refractivity contribution in [2.75, 3.05) is 18.0 Å². The summed E-state index contributed by atoms with van der Waals surface area (Å²) in [6, 6.07) is 4.06. The van der Waals surface area contributed by atoms with E-state index in [4.69, 9.17) is 0 Å². The summed E-state index contributed by atoms with van der Waals surface area (Å²) in [5, 5.41) is 7.07. The van der Waals surface area contributed by atoms with Crippen LogP contribution in [0.5, 0.6) is 0 Å². The summed E-state index contributed by atoms with van der Waals surface area (Å²) in [4.78, 5) is 11.3. The van der Waals surface area contributed by atoms with E-state index in [-0.39, 0.29) is 0 Å². The molecule has 0 aliphatic carbocycles. The molecule has 0 unspecified atom stereocenters. The zero-order valence-electron chi connectivity index (χ0n) is 10.7. The van der Waals surface area contributed by atoms with Crippen LogP contribution in [0.25, 0.3) is 0 Å². The van der Waals surface area contributed by atoms with E-state index in [2.05, 4.69) is 31.1 Å². The third-order valence-electron chi connectivity index (χ3n) is 3.40. The number of aryl methyl sites for hydroxylation is 2. The highest BCUT2D eigenvalue weighted by Crippen LogP contribution is 2.27. The molecule has 1 atom stereocenters. The number of nitrogens with zero attached hydrogens (tertiary/aromatic N) is 4. The maximum Gasteiger partial charge on any atom is 0.225 e. The van der Waals surface area contributed by atoms with Gasteiger partial charge in [-0.2, -0.15) is 5.10 Å². The van der Waals surface area contributed by atoms with Crippen molar-refractivity contribution in [2.24, 2.45) is 0 Å². The molecule has 2 aromatic rings. The van der Waals surface area contributed by atoms with Crippen molar-refractivity contribution in [1.82, 2.24) is 20.2 Å². The second-order valence-electron chi connectivity index (χ2n) is 4.89. The Bertz CT molecular complexity index is 514. The largest absolute Gasteiger partial charge is 0.340 e. The molecule has 0 amide bonds. The molecule has 3 rings (SSSR count). The highest BCUT2D eigenvalue weighted by Gasteiger charge is 2.26. The highest BCUT2D eigenvalue weighted by molar-refractivity contribution is 5.35. The summed E-state index contributed by atoms with van der Waals surface area (Å²) in [7, 11) is 0. The number of rotatable bonds is 2. The normalized spacial score (nSPS) is 19.4. The Kier molecular flexibility index (Phi) is 2.74. The van der Waals surface area contributed by atoms with E-state index < -0.39 is 0 Å². The minimum Gasteiger partial charge on any atom is -0.340 e. The zero-order chi connectivity index (χ0) is 12.5. The van der Waals surface area contributed by atoms with Crippen LogP contribution in [-0.4, -0.2) is 33.3 Å². The van der Waals surface area contributed by atoms with Gasteiger partial charge in [-0.25, -0.2) is 9.97 Å². The molecule has 94 valence electrons. The van der Waals surface area contributed by atoms with E-state index in [0.717, 1.165) is 36.8 Å². The summed E-state index contributed by atoms with van der Waals surface area (Å²) in [5.74, 6) is 1.37. The summed E-state index contributed by atoms with van der Waals surface area (Å²) < 4.78 is 0. The molecule has 1 N–H and O–H groups in total. The van der Waals surface area contributed by atoms with Gasteiger partial charge in [0, 0.05) is 42.3 Å². The fourth-order valence-electron chi connectivity index (χ4n) is 2.54. The Morgan fingerprint density at radius 1 is 1.28 bits per heavy atom. The van der Waals surface area contributed by atoms with Gasteiger partial charge in [0.2, 0.25) is 5.95 Å². The van der Waals surface area contributed by atoms with Gasteiger partial charge in [0.15, 0.2) is 0 Å². The van der Waals surface area contributed by atoms with Crippen molar-refractivity contribution in [1.29, 1.82) is 0 Å². The molecular weight excluding hydrogens is 226 g/mol. The Morgan fingerprint density at radius 3 is 2.72 bits per heavy atom. The molecule has 1 saturated heterocycles. The average Bonchev–Trinajstić information content (AvgIpc) is 2.99. The molecular formula is C13H17N5. The van der Waals surface area contributed by atoms with Gasteiger partial charge < -0.3 is 4.90 Å². The molecule has 2 aromatic heterocycles. The first-order valence-electron chi connectivity index (χ1n) is 6.29. The maximum absolute atomic E-state index is 4.52. The minimum absolute atomic E-state index is 0.511. The van der Waals surface area contributed by atoms with Crippen LogP contribution in [-0.2, 0) is 0 Å². The predicted molar refractivity (Wildman–Crippen MR) is 69.7 cm³/mol. The monoisotopic (exact) mass is 243 g/mol. The van der Waals surface area contributed by atoms with Crippen molar-refractivity contribution in [3.8, 4) is 0 Å². The lowest BCUT2D eigenvalue weighted by Crippen LogP contribution is -2.22. The van der Waals surface area contributed by atoms with E-state index in [0.29, 0.717) is 5.92 Å². The van der Waals surface area contributed by atoms with Crippen LogP contribution in [0, 0.1) is 13.8 Å². The maximum atomic E-state index is 4.52. The predicted octanol–water partition coefficient (Wildman–Crippen LogP) is 1.81. The average molecular weight is 243 g/mol. The highest BCUT2D eigenvalue weighted by atomic mass is 15.3.